The topological polar surface area (TPSA) is 90.9 Å². The van der Waals surface area contributed by atoms with Gasteiger partial charge in [0.05, 0.1) is 18.7 Å². The van der Waals surface area contributed by atoms with Crippen molar-refractivity contribution in [1.82, 2.24) is 4.57 Å². The molecule has 0 aliphatic rings. The van der Waals surface area contributed by atoms with Gasteiger partial charge in [-0.1, -0.05) is 6.07 Å². The van der Waals surface area contributed by atoms with Crippen LogP contribution in [0.25, 0.3) is 11.1 Å². The van der Waals surface area contributed by atoms with Crippen LogP contribution < -0.4 is 5.76 Å². The van der Waals surface area contributed by atoms with Crippen LogP contribution >= 0.6 is 0 Å². The molecule has 7 heteroatoms. The number of hydrogen-bond acceptors (Lipinski definition) is 6. The van der Waals surface area contributed by atoms with E-state index in [0.717, 1.165) is 0 Å². The number of carbonyl (C=O) groups excluding carboxylic acids is 1. The molecule has 1 aromatic carbocycles. The molecule has 21 heavy (non-hydrogen) atoms. The van der Waals surface area contributed by atoms with E-state index < -0.39 is 11.7 Å². The summed E-state index contributed by atoms with van der Waals surface area (Å²) in [6.45, 7) is 2.45. The van der Waals surface area contributed by atoms with Gasteiger partial charge >= 0.3 is 11.7 Å². The Morgan fingerprint density at radius 3 is 2.90 bits per heavy atom. The maximum atomic E-state index is 11.8. The van der Waals surface area contributed by atoms with E-state index >= 15 is 0 Å². The van der Waals surface area contributed by atoms with Gasteiger partial charge in [0, 0.05) is 6.61 Å². The van der Waals surface area contributed by atoms with Crippen molar-refractivity contribution >= 4 is 17.1 Å². The maximum absolute atomic E-state index is 11.8. The fourth-order valence-electron chi connectivity index (χ4n) is 1.89. The van der Waals surface area contributed by atoms with Crippen LogP contribution in [0.15, 0.2) is 27.4 Å². The molecule has 0 unspecified atom stereocenters. The van der Waals surface area contributed by atoms with Crippen molar-refractivity contribution in [3.8, 4) is 0 Å². The number of aliphatic hydroxyl groups is 1. The van der Waals surface area contributed by atoms with Gasteiger partial charge in [-0.15, -0.1) is 0 Å². The van der Waals surface area contributed by atoms with Gasteiger partial charge in [-0.25, -0.2) is 4.79 Å². The van der Waals surface area contributed by atoms with Crippen molar-refractivity contribution in [2.75, 3.05) is 19.8 Å². The molecular weight excluding hydrogens is 278 g/mol. The van der Waals surface area contributed by atoms with Gasteiger partial charge in [-0.3, -0.25) is 9.36 Å². The fourth-order valence-corrected chi connectivity index (χ4v) is 1.89. The highest BCUT2D eigenvalue weighted by molar-refractivity contribution is 5.77. The molecule has 1 aromatic heterocycles. The average Bonchev–Trinajstić information content (AvgIpc) is 2.79. The summed E-state index contributed by atoms with van der Waals surface area (Å²) in [5.41, 5.74) is 1.44. The molecule has 7 nitrogen and oxygen atoms in total. The lowest BCUT2D eigenvalue weighted by atomic mass is 10.2. The first kappa shape index (κ1) is 15.3. The van der Waals surface area contributed by atoms with Crippen LogP contribution in [0.5, 0.6) is 0 Å². The third-order valence-corrected chi connectivity index (χ3v) is 2.90. The van der Waals surface area contributed by atoms with Crippen molar-refractivity contribution in [1.29, 1.82) is 0 Å². The zero-order chi connectivity index (χ0) is 15.2. The lowest BCUT2D eigenvalue weighted by Crippen LogP contribution is -2.22. The molecule has 0 fully saturated rings. The van der Waals surface area contributed by atoms with Gasteiger partial charge in [-0.05, 0) is 24.6 Å². The largest absolute Gasteiger partial charge is 0.462 e. The standard InChI is InChI=1S/C14H17NO6/c1-2-19-5-6-20-13(17)8-15-11-7-10(9-16)3-4-12(11)21-14(15)18/h3-4,7,16H,2,5-6,8-9H2,1H3. The minimum Gasteiger partial charge on any atom is -0.462 e. The summed E-state index contributed by atoms with van der Waals surface area (Å²) in [5.74, 6) is -1.18. The predicted octanol–water partition coefficient (Wildman–Crippen LogP) is 0.666. The summed E-state index contributed by atoms with van der Waals surface area (Å²) in [6.07, 6.45) is 0. The van der Waals surface area contributed by atoms with Crippen LogP contribution in [0.4, 0.5) is 0 Å². The Morgan fingerprint density at radius 2 is 2.19 bits per heavy atom. The SMILES string of the molecule is CCOCCOC(=O)Cn1c(=O)oc2ccc(CO)cc21. The molecular formula is C14H17NO6. The van der Waals surface area contributed by atoms with E-state index in [0.29, 0.717) is 29.9 Å². The van der Waals surface area contributed by atoms with E-state index in [1.54, 1.807) is 18.2 Å². The van der Waals surface area contributed by atoms with Crippen LogP contribution in [0, 0.1) is 0 Å². The summed E-state index contributed by atoms with van der Waals surface area (Å²) < 4.78 is 16.2. The summed E-state index contributed by atoms with van der Waals surface area (Å²) in [5, 5.41) is 9.12. The highest BCUT2D eigenvalue weighted by Gasteiger charge is 2.14. The van der Waals surface area contributed by atoms with Crippen molar-refractivity contribution in [3.05, 3.63) is 34.3 Å². The van der Waals surface area contributed by atoms with Crippen LogP contribution in [-0.4, -0.2) is 35.5 Å². The molecule has 0 aliphatic carbocycles. The molecule has 0 radical (unpaired) electrons. The van der Waals surface area contributed by atoms with E-state index in [2.05, 4.69) is 0 Å². The second-order valence-electron chi connectivity index (χ2n) is 4.33. The Balaban J connectivity index is 2.12. The number of ether oxygens (including phenoxy) is 2. The first-order chi connectivity index (χ1) is 10.2. The maximum Gasteiger partial charge on any atom is 0.420 e. The average molecular weight is 295 g/mol. The van der Waals surface area contributed by atoms with Crippen molar-refractivity contribution in [2.45, 2.75) is 20.1 Å². The predicted molar refractivity (Wildman–Crippen MR) is 73.8 cm³/mol. The summed E-state index contributed by atoms with van der Waals surface area (Å²) in [7, 11) is 0. The van der Waals surface area contributed by atoms with Crippen molar-refractivity contribution < 1.29 is 23.8 Å². The van der Waals surface area contributed by atoms with E-state index in [4.69, 9.17) is 19.0 Å². The molecule has 0 saturated heterocycles. The molecule has 2 aromatic rings. The Kier molecular flexibility index (Phi) is 5.13. The first-order valence-corrected chi connectivity index (χ1v) is 6.62. The summed E-state index contributed by atoms with van der Waals surface area (Å²) in [6, 6.07) is 4.84. The normalized spacial score (nSPS) is 11.0. The van der Waals surface area contributed by atoms with Crippen LogP contribution in [0.2, 0.25) is 0 Å². The number of aliphatic hydroxyl groups excluding tert-OH is 1. The number of oxazole rings is 1. The van der Waals surface area contributed by atoms with Gasteiger partial charge in [0.25, 0.3) is 0 Å². The fraction of sp³-hybridized carbons (Fsp3) is 0.429. The van der Waals surface area contributed by atoms with Gasteiger partial charge in [-0.2, -0.15) is 0 Å². The molecule has 0 aliphatic heterocycles. The smallest absolute Gasteiger partial charge is 0.420 e. The molecule has 0 bridgehead atoms. The van der Waals surface area contributed by atoms with E-state index in [-0.39, 0.29) is 19.8 Å². The highest BCUT2D eigenvalue weighted by atomic mass is 16.6. The molecule has 0 atom stereocenters. The number of rotatable bonds is 7. The molecule has 0 spiro atoms. The second-order valence-corrected chi connectivity index (χ2v) is 4.33. The van der Waals surface area contributed by atoms with Crippen LogP contribution in [0.3, 0.4) is 0 Å². The molecule has 2 rings (SSSR count). The quantitative estimate of drug-likeness (QED) is 0.596. The van der Waals surface area contributed by atoms with Gasteiger partial charge in [0.15, 0.2) is 5.58 Å². The van der Waals surface area contributed by atoms with E-state index in [1.165, 1.54) is 4.57 Å². The minimum atomic E-state index is -0.637. The lowest BCUT2D eigenvalue weighted by molar-refractivity contribution is -0.145. The Bertz CT molecular complexity index is 672. The number of nitrogens with zero attached hydrogens (tertiary/aromatic N) is 1. The first-order valence-electron chi connectivity index (χ1n) is 6.62. The molecule has 114 valence electrons. The number of esters is 1. The minimum absolute atomic E-state index is 0.138. The Morgan fingerprint density at radius 1 is 1.38 bits per heavy atom. The van der Waals surface area contributed by atoms with Crippen molar-refractivity contribution in [3.63, 3.8) is 0 Å². The zero-order valence-electron chi connectivity index (χ0n) is 11.7. The molecule has 0 saturated carbocycles. The van der Waals surface area contributed by atoms with Gasteiger partial charge in [0.1, 0.15) is 13.2 Å². The number of benzene rings is 1. The Hall–Kier alpha value is -2.12. The summed E-state index contributed by atoms with van der Waals surface area (Å²) in [4.78, 5) is 23.4. The van der Waals surface area contributed by atoms with Crippen molar-refractivity contribution in [2.24, 2.45) is 0 Å². The summed E-state index contributed by atoms with van der Waals surface area (Å²) >= 11 is 0. The number of hydrogen-bond donors (Lipinski definition) is 1. The third-order valence-electron chi connectivity index (χ3n) is 2.90. The van der Waals surface area contributed by atoms with Crippen LogP contribution in [0.1, 0.15) is 12.5 Å². The van der Waals surface area contributed by atoms with Crippen LogP contribution in [-0.2, 0) is 27.4 Å². The number of aromatic nitrogens is 1. The number of carbonyl (C=O) groups is 1. The van der Waals surface area contributed by atoms with Gasteiger partial charge in [0.2, 0.25) is 0 Å². The monoisotopic (exact) mass is 295 g/mol. The molecule has 1 N–H and O–H groups in total. The second kappa shape index (κ2) is 7.05. The molecule has 1 heterocycles. The lowest BCUT2D eigenvalue weighted by Gasteiger charge is -2.05. The van der Waals surface area contributed by atoms with Gasteiger partial charge < -0.3 is 19.0 Å². The van der Waals surface area contributed by atoms with E-state index in [9.17, 15) is 9.59 Å². The molecule has 0 amide bonds. The zero-order valence-corrected chi connectivity index (χ0v) is 11.7. The number of fused-ring (bicyclic) bond motifs is 1. The Labute approximate surface area is 120 Å². The third kappa shape index (κ3) is 3.71. The highest BCUT2D eigenvalue weighted by Crippen LogP contribution is 2.15. The van der Waals surface area contributed by atoms with E-state index in [1.807, 2.05) is 6.92 Å².